The van der Waals surface area contributed by atoms with Crippen LogP contribution in [-0.2, 0) is 14.8 Å². The Balaban J connectivity index is 1.65. The summed E-state index contributed by atoms with van der Waals surface area (Å²) in [7, 11) is -2.66. The predicted molar refractivity (Wildman–Crippen MR) is 134 cm³/mol. The van der Waals surface area contributed by atoms with Gasteiger partial charge in [0.15, 0.2) is 0 Å². The highest BCUT2D eigenvalue weighted by Crippen LogP contribution is 2.32. The summed E-state index contributed by atoms with van der Waals surface area (Å²) in [4.78, 5) is 28.0. The average Bonchev–Trinajstić information content (AvgIpc) is 3.43. The standard InChI is InChI=1S/C26H27N3O5S/c1-34-24-16-8-7-15-23(24)29(35(32,33)20-11-3-2-4-12-20)19-25(30)27-22-14-6-5-13-21(22)26(31)28-17-9-10-18-28/h2-8,11-16H,9-10,17-19H2,1H3,(H,27,30). The van der Waals surface area contributed by atoms with Gasteiger partial charge >= 0.3 is 0 Å². The van der Waals surface area contributed by atoms with Crippen LogP contribution >= 0.6 is 0 Å². The van der Waals surface area contributed by atoms with Crippen molar-refractivity contribution in [3.05, 3.63) is 84.4 Å². The first-order chi connectivity index (χ1) is 16.9. The number of nitrogens with zero attached hydrogens (tertiary/aromatic N) is 2. The summed E-state index contributed by atoms with van der Waals surface area (Å²) in [5.41, 5.74) is 0.944. The van der Waals surface area contributed by atoms with E-state index in [9.17, 15) is 18.0 Å². The van der Waals surface area contributed by atoms with Crippen LogP contribution in [0.3, 0.4) is 0 Å². The van der Waals surface area contributed by atoms with Gasteiger partial charge in [0.25, 0.3) is 15.9 Å². The van der Waals surface area contributed by atoms with Crippen molar-refractivity contribution < 1.29 is 22.7 Å². The molecule has 0 aliphatic carbocycles. The first-order valence-corrected chi connectivity index (χ1v) is 12.7. The largest absolute Gasteiger partial charge is 0.495 e. The van der Waals surface area contributed by atoms with Gasteiger partial charge in [0.05, 0.1) is 28.9 Å². The molecule has 1 fully saturated rings. The minimum absolute atomic E-state index is 0.0447. The number of methoxy groups -OCH3 is 1. The Morgan fingerprint density at radius 3 is 2.26 bits per heavy atom. The number of carbonyl (C=O) groups is 2. The monoisotopic (exact) mass is 493 g/mol. The second-order valence-electron chi connectivity index (χ2n) is 8.09. The van der Waals surface area contributed by atoms with E-state index in [0.29, 0.717) is 30.1 Å². The Morgan fingerprint density at radius 1 is 0.914 bits per heavy atom. The van der Waals surface area contributed by atoms with E-state index in [1.807, 2.05) is 0 Å². The molecule has 182 valence electrons. The van der Waals surface area contributed by atoms with Gasteiger partial charge in [0.1, 0.15) is 12.3 Å². The first kappa shape index (κ1) is 24.3. The number of amides is 2. The topological polar surface area (TPSA) is 96.0 Å². The number of carbonyl (C=O) groups excluding carboxylic acids is 2. The van der Waals surface area contributed by atoms with Crippen LogP contribution in [0.1, 0.15) is 23.2 Å². The van der Waals surface area contributed by atoms with E-state index in [1.54, 1.807) is 71.6 Å². The molecular formula is C26H27N3O5S. The van der Waals surface area contributed by atoms with Gasteiger partial charge in [0.2, 0.25) is 5.91 Å². The second-order valence-corrected chi connectivity index (χ2v) is 9.95. The van der Waals surface area contributed by atoms with Crippen molar-refractivity contribution in [1.29, 1.82) is 0 Å². The Labute approximate surface area is 205 Å². The highest BCUT2D eigenvalue weighted by atomic mass is 32.2. The Morgan fingerprint density at radius 2 is 1.54 bits per heavy atom. The Bertz CT molecular complexity index is 1310. The number of benzene rings is 3. The molecule has 0 bridgehead atoms. The van der Waals surface area contributed by atoms with Gasteiger partial charge in [0, 0.05) is 13.1 Å². The van der Waals surface area contributed by atoms with Crippen LogP contribution in [0.2, 0.25) is 0 Å². The first-order valence-electron chi connectivity index (χ1n) is 11.3. The van der Waals surface area contributed by atoms with Gasteiger partial charge in [-0.2, -0.15) is 0 Å². The number of hydrogen-bond acceptors (Lipinski definition) is 5. The summed E-state index contributed by atoms with van der Waals surface area (Å²) in [6, 6.07) is 21.3. The summed E-state index contributed by atoms with van der Waals surface area (Å²) >= 11 is 0. The minimum Gasteiger partial charge on any atom is -0.495 e. The molecule has 1 aliphatic heterocycles. The average molecular weight is 494 g/mol. The third-order valence-corrected chi connectivity index (χ3v) is 7.57. The lowest BCUT2D eigenvalue weighted by molar-refractivity contribution is -0.114. The number of likely N-dealkylation sites (tertiary alicyclic amines) is 1. The number of nitrogens with one attached hydrogen (secondary N) is 1. The molecule has 3 aromatic rings. The fourth-order valence-corrected chi connectivity index (χ4v) is 5.50. The zero-order valence-electron chi connectivity index (χ0n) is 19.4. The zero-order chi connectivity index (χ0) is 24.8. The Hall–Kier alpha value is -3.85. The zero-order valence-corrected chi connectivity index (χ0v) is 20.2. The molecule has 0 unspecified atom stereocenters. The fraction of sp³-hybridized carbons (Fsp3) is 0.231. The van der Waals surface area contributed by atoms with Crippen LogP contribution in [0.15, 0.2) is 83.8 Å². The van der Waals surface area contributed by atoms with Gasteiger partial charge in [-0.15, -0.1) is 0 Å². The second kappa shape index (κ2) is 10.6. The normalized spacial score (nSPS) is 13.3. The van der Waals surface area contributed by atoms with E-state index < -0.39 is 22.5 Å². The van der Waals surface area contributed by atoms with Crippen LogP contribution in [0.25, 0.3) is 0 Å². The lowest BCUT2D eigenvalue weighted by Crippen LogP contribution is -2.38. The molecule has 1 aliphatic rings. The lowest BCUT2D eigenvalue weighted by Gasteiger charge is -2.26. The predicted octanol–water partition coefficient (Wildman–Crippen LogP) is 3.77. The summed E-state index contributed by atoms with van der Waals surface area (Å²) in [5.74, 6) is -0.432. The number of sulfonamides is 1. The van der Waals surface area contributed by atoms with Gasteiger partial charge in [-0.25, -0.2) is 8.42 Å². The third kappa shape index (κ3) is 5.30. The number of ether oxygens (including phenoxy) is 1. The molecule has 3 aromatic carbocycles. The van der Waals surface area contributed by atoms with Gasteiger partial charge in [-0.1, -0.05) is 42.5 Å². The fourth-order valence-electron chi connectivity index (χ4n) is 4.04. The smallest absolute Gasteiger partial charge is 0.264 e. The summed E-state index contributed by atoms with van der Waals surface area (Å²) in [5, 5.41) is 2.74. The quantitative estimate of drug-likeness (QED) is 0.515. The van der Waals surface area contributed by atoms with Crippen molar-refractivity contribution >= 4 is 33.2 Å². The van der Waals surface area contributed by atoms with Gasteiger partial charge < -0.3 is 15.0 Å². The van der Waals surface area contributed by atoms with Crippen molar-refractivity contribution in [3.8, 4) is 5.75 Å². The van der Waals surface area contributed by atoms with Crippen molar-refractivity contribution in [2.45, 2.75) is 17.7 Å². The highest BCUT2D eigenvalue weighted by molar-refractivity contribution is 7.92. The number of anilines is 2. The van der Waals surface area contributed by atoms with E-state index in [4.69, 9.17) is 4.74 Å². The summed E-state index contributed by atoms with van der Waals surface area (Å²) in [6.07, 6.45) is 1.90. The van der Waals surface area contributed by atoms with Gasteiger partial charge in [-0.3, -0.25) is 13.9 Å². The van der Waals surface area contributed by atoms with Crippen LogP contribution in [0, 0.1) is 0 Å². The third-order valence-electron chi connectivity index (χ3n) is 5.80. The molecule has 1 heterocycles. The maximum Gasteiger partial charge on any atom is 0.264 e. The molecule has 0 spiro atoms. The van der Waals surface area contributed by atoms with Crippen molar-refractivity contribution in [2.75, 3.05) is 36.4 Å². The van der Waals surface area contributed by atoms with E-state index in [0.717, 1.165) is 17.1 Å². The van der Waals surface area contributed by atoms with Crippen LogP contribution in [0.5, 0.6) is 5.75 Å². The van der Waals surface area contributed by atoms with Crippen molar-refractivity contribution in [3.63, 3.8) is 0 Å². The molecule has 4 rings (SSSR count). The molecule has 0 saturated carbocycles. The molecule has 2 amide bonds. The van der Waals surface area contributed by atoms with Crippen molar-refractivity contribution in [2.24, 2.45) is 0 Å². The minimum atomic E-state index is -4.10. The maximum absolute atomic E-state index is 13.6. The van der Waals surface area contributed by atoms with E-state index in [-0.39, 0.29) is 16.5 Å². The van der Waals surface area contributed by atoms with Crippen LogP contribution in [0.4, 0.5) is 11.4 Å². The molecule has 1 saturated heterocycles. The number of rotatable bonds is 8. The van der Waals surface area contributed by atoms with E-state index in [1.165, 1.54) is 19.2 Å². The van der Waals surface area contributed by atoms with Gasteiger partial charge in [-0.05, 0) is 49.2 Å². The van der Waals surface area contributed by atoms with E-state index >= 15 is 0 Å². The summed E-state index contributed by atoms with van der Waals surface area (Å²) < 4.78 is 33.5. The van der Waals surface area contributed by atoms with Crippen LogP contribution in [-0.4, -0.2) is 51.9 Å². The highest BCUT2D eigenvalue weighted by Gasteiger charge is 2.30. The number of hydrogen-bond donors (Lipinski definition) is 1. The molecule has 35 heavy (non-hydrogen) atoms. The molecule has 0 aromatic heterocycles. The molecule has 8 nitrogen and oxygen atoms in total. The Kier molecular flexibility index (Phi) is 7.36. The molecule has 0 atom stereocenters. The maximum atomic E-state index is 13.6. The van der Waals surface area contributed by atoms with E-state index in [2.05, 4.69) is 5.32 Å². The summed E-state index contributed by atoms with van der Waals surface area (Å²) in [6.45, 7) is 0.847. The molecule has 0 radical (unpaired) electrons. The number of para-hydroxylation sites is 3. The van der Waals surface area contributed by atoms with Crippen molar-refractivity contribution in [1.82, 2.24) is 4.90 Å². The molecular weight excluding hydrogens is 466 g/mol. The SMILES string of the molecule is COc1ccccc1N(CC(=O)Nc1ccccc1C(=O)N1CCCC1)S(=O)(=O)c1ccccc1. The molecule has 9 heteroatoms. The molecule has 1 N–H and O–H groups in total. The van der Waals surface area contributed by atoms with Crippen LogP contribution < -0.4 is 14.4 Å². The lowest BCUT2D eigenvalue weighted by atomic mass is 10.1.